The number of unbranched alkanes of at least 4 members (excludes halogenated alkanes) is 2. The molecule has 0 spiro atoms. The highest BCUT2D eigenvalue weighted by molar-refractivity contribution is 5.78. The highest BCUT2D eigenvalue weighted by Crippen LogP contribution is 2.19. The maximum Gasteiger partial charge on any atom is 0.224 e. The molecule has 0 aliphatic heterocycles. The van der Waals surface area contributed by atoms with E-state index in [0.717, 1.165) is 73.5 Å². The molecule has 0 bridgehead atoms. The van der Waals surface area contributed by atoms with Crippen LogP contribution in [0.5, 0.6) is 11.5 Å². The van der Waals surface area contributed by atoms with Crippen LogP contribution in [0.4, 0.5) is 0 Å². The molecule has 0 aliphatic rings. The van der Waals surface area contributed by atoms with Crippen molar-refractivity contribution >= 4 is 16.9 Å². The summed E-state index contributed by atoms with van der Waals surface area (Å²) in [5.74, 6) is 2.91. The molecule has 1 N–H and O–H groups in total. The van der Waals surface area contributed by atoms with Gasteiger partial charge in [0.1, 0.15) is 17.3 Å². The Hall–Kier alpha value is -3.80. The van der Waals surface area contributed by atoms with Crippen LogP contribution in [-0.2, 0) is 30.6 Å². The van der Waals surface area contributed by atoms with Crippen molar-refractivity contribution in [1.29, 1.82) is 0 Å². The first-order valence-electron chi connectivity index (χ1n) is 13.7. The standard InChI is InChI=1S/C32H39N3O3/c1-3-25-13-19-28(20-14-25)38-23-9-22-35-30-11-7-6-10-29(30)34-31(35)12-5-4-8-21-33-32(36)24-26-15-17-27(37-2)18-16-26/h6-7,10-11,13-20H,3-5,8-9,12,21-24H2,1-2H3,(H,33,36). The van der Waals surface area contributed by atoms with Crippen molar-refractivity contribution in [2.75, 3.05) is 20.3 Å². The first-order valence-corrected chi connectivity index (χ1v) is 13.7. The molecule has 3 aromatic carbocycles. The molecule has 1 heterocycles. The molecule has 38 heavy (non-hydrogen) atoms. The lowest BCUT2D eigenvalue weighted by Crippen LogP contribution is -2.26. The van der Waals surface area contributed by atoms with Crippen LogP contribution >= 0.6 is 0 Å². The molecule has 0 fully saturated rings. The Labute approximate surface area is 226 Å². The predicted octanol–water partition coefficient (Wildman–Crippen LogP) is 6.15. The smallest absolute Gasteiger partial charge is 0.224 e. The van der Waals surface area contributed by atoms with Gasteiger partial charge in [0.15, 0.2) is 0 Å². The summed E-state index contributed by atoms with van der Waals surface area (Å²) < 4.78 is 13.5. The van der Waals surface area contributed by atoms with Crippen LogP contribution < -0.4 is 14.8 Å². The lowest BCUT2D eigenvalue weighted by Gasteiger charge is -2.11. The molecule has 1 aromatic heterocycles. The predicted molar refractivity (Wildman–Crippen MR) is 153 cm³/mol. The zero-order valence-electron chi connectivity index (χ0n) is 22.6. The number of hydrogen-bond donors (Lipinski definition) is 1. The number of aromatic nitrogens is 2. The summed E-state index contributed by atoms with van der Waals surface area (Å²) in [7, 11) is 1.64. The van der Waals surface area contributed by atoms with E-state index in [0.29, 0.717) is 19.6 Å². The monoisotopic (exact) mass is 513 g/mol. The van der Waals surface area contributed by atoms with Crippen LogP contribution in [0.15, 0.2) is 72.8 Å². The highest BCUT2D eigenvalue weighted by Gasteiger charge is 2.10. The van der Waals surface area contributed by atoms with Crippen LogP contribution in [-0.4, -0.2) is 35.7 Å². The number of carbonyl (C=O) groups excluding carboxylic acids is 1. The van der Waals surface area contributed by atoms with Gasteiger partial charge in [0.05, 0.1) is 31.2 Å². The highest BCUT2D eigenvalue weighted by atomic mass is 16.5. The Bertz CT molecular complexity index is 1280. The lowest BCUT2D eigenvalue weighted by atomic mass is 10.1. The minimum atomic E-state index is 0.0560. The first-order chi connectivity index (χ1) is 18.7. The topological polar surface area (TPSA) is 65.4 Å². The molecule has 0 unspecified atom stereocenters. The average molecular weight is 514 g/mol. The average Bonchev–Trinajstić information content (AvgIpc) is 3.31. The van der Waals surface area contributed by atoms with Gasteiger partial charge >= 0.3 is 0 Å². The summed E-state index contributed by atoms with van der Waals surface area (Å²) in [4.78, 5) is 17.2. The van der Waals surface area contributed by atoms with Crippen LogP contribution in [0.1, 0.15) is 49.6 Å². The second-order valence-electron chi connectivity index (χ2n) is 9.55. The molecule has 0 saturated carbocycles. The van der Waals surface area contributed by atoms with Gasteiger partial charge in [-0.1, -0.05) is 49.7 Å². The maximum atomic E-state index is 12.2. The summed E-state index contributed by atoms with van der Waals surface area (Å²) in [5, 5.41) is 3.04. The molecule has 0 atom stereocenters. The number of amides is 1. The van der Waals surface area contributed by atoms with Gasteiger partial charge in [0, 0.05) is 19.5 Å². The largest absolute Gasteiger partial charge is 0.497 e. The quantitative estimate of drug-likeness (QED) is 0.194. The number of para-hydroxylation sites is 2. The molecule has 4 rings (SSSR count). The molecule has 6 heteroatoms. The van der Waals surface area contributed by atoms with E-state index in [1.807, 2.05) is 30.3 Å². The van der Waals surface area contributed by atoms with Gasteiger partial charge < -0.3 is 19.4 Å². The van der Waals surface area contributed by atoms with Crippen molar-refractivity contribution in [3.8, 4) is 11.5 Å². The number of nitrogens with one attached hydrogen (secondary N) is 1. The third-order valence-corrected chi connectivity index (χ3v) is 6.78. The van der Waals surface area contributed by atoms with Gasteiger partial charge in [-0.05, 0) is 73.2 Å². The summed E-state index contributed by atoms with van der Waals surface area (Å²) >= 11 is 0. The van der Waals surface area contributed by atoms with Crippen molar-refractivity contribution < 1.29 is 14.3 Å². The Morgan fingerprint density at radius 2 is 1.61 bits per heavy atom. The SMILES string of the molecule is CCc1ccc(OCCCn2c(CCCCCNC(=O)Cc3ccc(OC)cc3)nc3ccccc32)cc1. The number of fused-ring (bicyclic) bond motifs is 1. The zero-order chi connectivity index (χ0) is 26.6. The van der Waals surface area contributed by atoms with E-state index in [-0.39, 0.29) is 5.91 Å². The van der Waals surface area contributed by atoms with Crippen LogP contribution in [0.2, 0.25) is 0 Å². The fourth-order valence-corrected chi connectivity index (χ4v) is 4.60. The Morgan fingerprint density at radius 1 is 0.868 bits per heavy atom. The van der Waals surface area contributed by atoms with Gasteiger partial charge in [-0.2, -0.15) is 0 Å². The lowest BCUT2D eigenvalue weighted by molar-refractivity contribution is -0.120. The van der Waals surface area contributed by atoms with E-state index in [1.165, 1.54) is 11.1 Å². The van der Waals surface area contributed by atoms with E-state index in [4.69, 9.17) is 14.5 Å². The third kappa shape index (κ3) is 7.85. The molecule has 0 saturated heterocycles. The van der Waals surface area contributed by atoms with E-state index in [1.54, 1.807) is 7.11 Å². The molecule has 1 amide bonds. The summed E-state index contributed by atoms with van der Waals surface area (Å²) in [6.45, 7) is 4.41. The number of methoxy groups -OCH3 is 1. The molecule has 6 nitrogen and oxygen atoms in total. The Morgan fingerprint density at radius 3 is 2.37 bits per heavy atom. The normalized spacial score (nSPS) is 11.0. The van der Waals surface area contributed by atoms with Crippen molar-refractivity contribution in [3.05, 3.63) is 89.7 Å². The van der Waals surface area contributed by atoms with Crippen molar-refractivity contribution in [2.24, 2.45) is 0 Å². The molecule has 4 aromatic rings. The van der Waals surface area contributed by atoms with Crippen molar-refractivity contribution in [1.82, 2.24) is 14.9 Å². The fraction of sp³-hybridized carbons (Fsp3) is 0.375. The molecule has 0 aliphatic carbocycles. The van der Waals surface area contributed by atoms with Gasteiger partial charge in [-0.15, -0.1) is 0 Å². The zero-order valence-corrected chi connectivity index (χ0v) is 22.6. The van der Waals surface area contributed by atoms with Crippen molar-refractivity contribution in [2.45, 2.75) is 58.4 Å². The molecule has 200 valence electrons. The van der Waals surface area contributed by atoms with Gasteiger partial charge in [0.25, 0.3) is 0 Å². The number of aryl methyl sites for hydroxylation is 3. The first kappa shape index (κ1) is 27.2. The number of nitrogens with zero attached hydrogens (tertiary/aromatic N) is 2. The minimum Gasteiger partial charge on any atom is -0.497 e. The maximum absolute atomic E-state index is 12.2. The van der Waals surface area contributed by atoms with Crippen LogP contribution in [0, 0.1) is 0 Å². The van der Waals surface area contributed by atoms with Crippen molar-refractivity contribution in [3.63, 3.8) is 0 Å². The summed E-state index contributed by atoms with van der Waals surface area (Å²) in [6, 6.07) is 24.3. The summed E-state index contributed by atoms with van der Waals surface area (Å²) in [5.41, 5.74) is 4.54. The van der Waals surface area contributed by atoms with E-state index in [9.17, 15) is 4.79 Å². The number of ether oxygens (including phenoxy) is 2. The number of carbonyl (C=O) groups is 1. The fourth-order valence-electron chi connectivity index (χ4n) is 4.60. The Balaban J connectivity index is 1.19. The van der Waals surface area contributed by atoms with Crippen LogP contribution in [0.3, 0.4) is 0 Å². The molecular formula is C32H39N3O3. The summed E-state index contributed by atoms with van der Waals surface area (Å²) in [6.07, 6.45) is 6.31. The van der Waals surface area contributed by atoms with E-state index < -0.39 is 0 Å². The number of rotatable bonds is 15. The minimum absolute atomic E-state index is 0.0560. The number of imidazole rings is 1. The van der Waals surface area contributed by atoms with Gasteiger partial charge in [0.2, 0.25) is 5.91 Å². The van der Waals surface area contributed by atoms with Gasteiger partial charge in [-0.3, -0.25) is 4.79 Å². The van der Waals surface area contributed by atoms with E-state index >= 15 is 0 Å². The Kier molecular flexibility index (Phi) is 10.2. The third-order valence-electron chi connectivity index (χ3n) is 6.78. The van der Waals surface area contributed by atoms with Gasteiger partial charge in [-0.25, -0.2) is 4.98 Å². The van der Waals surface area contributed by atoms with Crippen LogP contribution in [0.25, 0.3) is 11.0 Å². The molecule has 0 radical (unpaired) electrons. The van der Waals surface area contributed by atoms with E-state index in [2.05, 4.69) is 59.3 Å². The molecular weight excluding hydrogens is 474 g/mol. The number of hydrogen-bond acceptors (Lipinski definition) is 4. The number of benzene rings is 3. The second kappa shape index (κ2) is 14.2. The second-order valence-corrected chi connectivity index (χ2v) is 9.55.